The molecule has 0 bridgehead atoms. The number of para-hydroxylation sites is 1. The first-order valence-electron chi connectivity index (χ1n) is 7.50. The van der Waals surface area contributed by atoms with Crippen LogP contribution in [0.15, 0.2) is 36.5 Å². The van der Waals surface area contributed by atoms with Gasteiger partial charge in [-0.3, -0.25) is 9.59 Å². The van der Waals surface area contributed by atoms with Crippen molar-refractivity contribution in [2.75, 3.05) is 36.4 Å². The Hall–Kier alpha value is -3.03. The third kappa shape index (κ3) is 3.48. The summed E-state index contributed by atoms with van der Waals surface area (Å²) in [5, 5.41) is 2.50. The van der Waals surface area contributed by atoms with Crippen molar-refractivity contribution in [3.05, 3.63) is 48.0 Å². The molecule has 1 aromatic carbocycles. The number of carbonyl (C=O) groups is 2. The lowest BCUT2D eigenvalue weighted by molar-refractivity contribution is -0.118. The summed E-state index contributed by atoms with van der Waals surface area (Å²) < 4.78 is 13.6. The van der Waals surface area contributed by atoms with Crippen LogP contribution in [-0.2, 0) is 4.79 Å². The summed E-state index contributed by atoms with van der Waals surface area (Å²) in [6, 6.07) is 7.41. The Kier molecular flexibility index (Phi) is 4.64. The van der Waals surface area contributed by atoms with Crippen LogP contribution < -0.4 is 10.2 Å². The average Bonchev–Trinajstić information content (AvgIpc) is 2.64. The van der Waals surface area contributed by atoms with Crippen LogP contribution in [0, 0.1) is 5.82 Å². The Bertz CT molecular complexity index is 747. The van der Waals surface area contributed by atoms with Crippen molar-refractivity contribution < 1.29 is 14.0 Å². The third-order valence-corrected chi connectivity index (χ3v) is 3.74. The quantitative estimate of drug-likeness (QED) is 0.851. The fourth-order valence-corrected chi connectivity index (χ4v) is 2.40. The van der Waals surface area contributed by atoms with Gasteiger partial charge in [-0.15, -0.1) is 0 Å². The van der Waals surface area contributed by atoms with Gasteiger partial charge in [0.15, 0.2) is 0 Å². The van der Waals surface area contributed by atoms with Gasteiger partial charge in [0.2, 0.25) is 12.4 Å². The summed E-state index contributed by atoms with van der Waals surface area (Å²) in [6.07, 6.45) is 2.31. The lowest BCUT2D eigenvalue weighted by Gasteiger charge is -2.32. The van der Waals surface area contributed by atoms with E-state index in [2.05, 4.69) is 15.3 Å². The van der Waals surface area contributed by atoms with Gasteiger partial charge in [-0.25, -0.2) is 14.4 Å². The van der Waals surface area contributed by atoms with Crippen LogP contribution >= 0.6 is 0 Å². The van der Waals surface area contributed by atoms with Gasteiger partial charge in [0.1, 0.15) is 11.5 Å². The zero-order chi connectivity index (χ0) is 16.9. The minimum absolute atomic E-state index is 0.0993. The van der Waals surface area contributed by atoms with Crippen molar-refractivity contribution in [1.82, 2.24) is 14.9 Å². The normalized spacial score (nSPS) is 14.4. The van der Waals surface area contributed by atoms with Crippen molar-refractivity contribution in [3.63, 3.8) is 0 Å². The first kappa shape index (κ1) is 15.9. The van der Waals surface area contributed by atoms with E-state index in [0.717, 1.165) is 6.41 Å². The molecule has 1 N–H and O–H groups in total. The zero-order valence-electron chi connectivity index (χ0n) is 12.9. The summed E-state index contributed by atoms with van der Waals surface area (Å²) in [5.41, 5.74) is 0.253. The van der Waals surface area contributed by atoms with Crippen LogP contribution in [0.5, 0.6) is 0 Å². The molecule has 1 aliphatic heterocycles. The number of aromatic nitrogens is 2. The van der Waals surface area contributed by atoms with E-state index in [4.69, 9.17) is 0 Å². The molecule has 3 rings (SSSR count). The molecule has 2 amide bonds. The number of anilines is 2. The first-order valence-corrected chi connectivity index (χ1v) is 7.50. The Morgan fingerprint density at radius 1 is 1.17 bits per heavy atom. The molecule has 2 aromatic rings. The van der Waals surface area contributed by atoms with Crippen molar-refractivity contribution in [2.24, 2.45) is 0 Å². The van der Waals surface area contributed by atoms with Crippen LogP contribution in [-0.4, -0.2) is 53.4 Å². The van der Waals surface area contributed by atoms with Gasteiger partial charge in [-0.2, -0.15) is 0 Å². The maximum atomic E-state index is 13.6. The second-order valence-electron chi connectivity index (χ2n) is 5.30. The number of rotatable bonds is 4. The monoisotopic (exact) mass is 329 g/mol. The Morgan fingerprint density at radius 3 is 2.62 bits per heavy atom. The number of hydrogen-bond donors (Lipinski definition) is 1. The lowest BCUT2D eigenvalue weighted by atomic mass is 10.3. The number of benzene rings is 1. The van der Waals surface area contributed by atoms with E-state index in [9.17, 15) is 14.0 Å². The second kappa shape index (κ2) is 7.03. The van der Waals surface area contributed by atoms with Gasteiger partial charge in [-0.05, 0) is 18.2 Å². The van der Waals surface area contributed by atoms with Crippen LogP contribution in [0.2, 0.25) is 0 Å². The highest BCUT2D eigenvalue weighted by atomic mass is 19.1. The van der Waals surface area contributed by atoms with E-state index in [1.807, 2.05) is 4.90 Å². The standard InChI is InChI=1S/C16H16FN5O2/c17-12-3-1-2-4-13(12)19-15(24)14-5-6-18-16(20-14)22-9-7-21(11-23)8-10-22/h1-6,11H,7-10H2,(H,19,24). The molecule has 124 valence electrons. The van der Waals surface area contributed by atoms with E-state index in [1.165, 1.54) is 24.4 Å². The largest absolute Gasteiger partial charge is 0.342 e. The summed E-state index contributed by atoms with van der Waals surface area (Å²) in [5.74, 6) is -0.595. The average molecular weight is 329 g/mol. The fourth-order valence-electron chi connectivity index (χ4n) is 2.40. The molecule has 24 heavy (non-hydrogen) atoms. The number of nitrogens with one attached hydrogen (secondary N) is 1. The number of amides is 2. The van der Waals surface area contributed by atoms with Gasteiger partial charge < -0.3 is 15.1 Å². The topological polar surface area (TPSA) is 78.4 Å². The predicted molar refractivity (Wildman–Crippen MR) is 86.2 cm³/mol. The summed E-state index contributed by atoms with van der Waals surface area (Å²) in [6.45, 7) is 2.35. The van der Waals surface area contributed by atoms with Crippen LogP contribution in [0.4, 0.5) is 16.0 Å². The van der Waals surface area contributed by atoms with Gasteiger partial charge in [-0.1, -0.05) is 12.1 Å². The van der Waals surface area contributed by atoms with E-state index >= 15 is 0 Å². The molecule has 0 atom stereocenters. The Labute approximate surface area is 138 Å². The molecular formula is C16H16FN5O2. The molecule has 0 unspecified atom stereocenters. The highest BCUT2D eigenvalue weighted by molar-refractivity contribution is 6.03. The number of nitrogens with zero attached hydrogens (tertiary/aromatic N) is 4. The maximum Gasteiger partial charge on any atom is 0.274 e. The SMILES string of the molecule is O=CN1CCN(c2nccc(C(=O)Nc3ccccc3F)n2)CC1. The van der Waals surface area contributed by atoms with Crippen molar-refractivity contribution in [1.29, 1.82) is 0 Å². The molecule has 1 aliphatic rings. The summed E-state index contributed by atoms with van der Waals surface area (Å²) in [4.78, 5) is 35.0. The van der Waals surface area contributed by atoms with Crippen molar-refractivity contribution >= 4 is 24.0 Å². The van der Waals surface area contributed by atoms with Gasteiger partial charge in [0.05, 0.1) is 5.69 Å². The summed E-state index contributed by atoms with van der Waals surface area (Å²) in [7, 11) is 0. The molecule has 2 heterocycles. The number of halogens is 1. The molecule has 8 heteroatoms. The maximum absolute atomic E-state index is 13.6. The Balaban J connectivity index is 1.72. The van der Waals surface area contributed by atoms with Gasteiger partial charge in [0.25, 0.3) is 5.91 Å². The summed E-state index contributed by atoms with van der Waals surface area (Å²) >= 11 is 0. The van der Waals surface area contributed by atoms with Crippen LogP contribution in [0.25, 0.3) is 0 Å². The van der Waals surface area contributed by atoms with E-state index in [1.54, 1.807) is 17.0 Å². The smallest absolute Gasteiger partial charge is 0.274 e. The van der Waals surface area contributed by atoms with Crippen LogP contribution in [0.3, 0.4) is 0 Å². The molecule has 1 fully saturated rings. The molecular weight excluding hydrogens is 313 g/mol. The molecule has 7 nitrogen and oxygen atoms in total. The molecule has 0 aliphatic carbocycles. The molecule has 1 saturated heterocycles. The minimum atomic E-state index is -0.509. The molecule has 0 saturated carbocycles. The molecule has 0 spiro atoms. The second-order valence-corrected chi connectivity index (χ2v) is 5.30. The van der Waals surface area contributed by atoms with E-state index < -0.39 is 11.7 Å². The molecule has 1 aromatic heterocycles. The minimum Gasteiger partial charge on any atom is -0.342 e. The zero-order valence-corrected chi connectivity index (χ0v) is 12.9. The highest BCUT2D eigenvalue weighted by Crippen LogP contribution is 2.15. The van der Waals surface area contributed by atoms with E-state index in [0.29, 0.717) is 32.1 Å². The molecule has 0 radical (unpaired) electrons. The third-order valence-electron chi connectivity index (χ3n) is 3.74. The van der Waals surface area contributed by atoms with Gasteiger partial charge in [0, 0.05) is 32.4 Å². The van der Waals surface area contributed by atoms with Crippen molar-refractivity contribution in [2.45, 2.75) is 0 Å². The lowest BCUT2D eigenvalue weighted by Crippen LogP contribution is -2.46. The van der Waals surface area contributed by atoms with E-state index in [-0.39, 0.29) is 11.4 Å². The fraction of sp³-hybridized carbons (Fsp3) is 0.250. The number of piperazine rings is 1. The number of carbonyl (C=O) groups excluding carboxylic acids is 2. The predicted octanol–water partition coefficient (Wildman–Crippen LogP) is 1.15. The number of hydrogen-bond acceptors (Lipinski definition) is 5. The van der Waals surface area contributed by atoms with Crippen LogP contribution in [0.1, 0.15) is 10.5 Å². The van der Waals surface area contributed by atoms with Gasteiger partial charge >= 0.3 is 0 Å². The first-order chi connectivity index (χ1) is 11.7. The highest BCUT2D eigenvalue weighted by Gasteiger charge is 2.19. The van der Waals surface area contributed by atoms with Crippen molar-refractivity contribution in [3.8, 4) is 0 Å². The Morgan fingerprint density at radius 2 is 1.92 bits per heavy atom.